The number of nitrogen functional groups attached to an aromatic ring is 1. The SMILES string of the molecule is CC1(C)SCCN(S(=O)(=O)c2ccc(-c3ccc(N)cc3)cc2)C1C(=O)O. The second-order valence-electron chi connectivity index (χ2n) is 6.95. The van der Waals surface area contributed by atoms with E-state index in [1.807, 2.05) is 12.1 Å². The van der Waals surface area contributed by atoms with Crippen LogP contribution < -0.4 is 5.73 Å². The molecular formula is C19H22N2O4S2. The number of carboxylic acid groups (broad SMARTS) is 1. The van der Waals surface area contributed by atoms with Gasteiger partial charge < -0.3 is 10.8 Å². The van der Waals surface area contributed by atoms with Gasteiger partial charge in [0.15, 0.2) is 0 Å². The Morgan fingerprint density at radius 2 is 1.63 bits per heavy atom. The molecule has 8 heteroatoms. The van der Waals surface area contributed by atoms with Crippen LogP contribution in [0.5, 0.6) is 0 Å². The van der Waals surface area contributed by atoms with Crippen LogP contribution in [0.15, 0.2) is 53.4 Å². The predicted molar refractivity (Wildman–Crippen MR) is 108 cm³/mol. The van der Waals surface area contributed by atoms with E-state index in [1.54, 1.807) is 38.1 Å². The van der Waals surface area contributed by atoms with Gasteiger partial charge in [-0.3, -0.25) is 4.79 Å². The van der Waals surface area contributed by atoms with Crippen molar-refractivity contribution in [3.05, 3.63) is 48.5 Å². The summed E-state index contributed by atoms with van der Waals surface area (Å²) in [6, 6.07) is 12.7. The Morgan fingerprint density at radius 3 is 2.15 bits per heavy atom. The lowest BCUT2D eigenvalue weighted by Gasteiger charge is -2.42. The molecule has 0 spiro atoms. The van der Waals surface area contributed by atoms with E-state index in [1.165, 1.54) is 23.9 Å². The number of nitrogens with two attached hydrogens (primary N) is 1. The molecule has 1 aliphatic heterocycles. The van der Waals surface area contributed by atoms with Crippen molar-refractivity contribution in [3.8, 4) is 11.1 Å². The quantitative estimate of drug-likeness (QED) is 0.757. The Balaban J connectivity index is 1.94. The van der Waals surface area contributed by atoms with Crippen LogP contribution in [-0.2, 0) is 14.8 Å². The molecule has 1 aliphatic rings. The topological polar surface area (TPSA) is 101 Å². The lowest BCUT2D eigenvalue weighted by Crippen LogP contribution is -2.58. The molecule has 27 heavy (non-hydrogen) atoms. The molecular weight excluding hydrogens is 384 g/mol. The number of benzene rings is 2. The number of aliphatic carboxylic acids is 1. The van der Waals surface area contributed by atoms with Crippen LogP contribution in [0.1, 0.15) is 13.8 Å². The molecule has 1 atom stereocenters. The van der Waals surface area contributed by atoms with E-state index in [2.05, 4.69) is 0 Å². The van der Waals surface area contributed by atoms with Crippen molar-refractivity contribution < 1.29 is 18.3 Å². The van der Waals surface area contributed by atoms with Gasteiger partial charge >= 0.3 is 5.97 Å². The van der Waals surface area contributed by atoms with Crippen LogP contribution >= 0.6 is 11.8 Å². The largest absolute Gasteiger partial charge is 0.480 e. The van der Waals surface area contributed by atoms with E-state index in [-0.39, 0.29) is 11.4 Å². The Bertz CT molecular complexity index is 939. The third kappa shape index (κ3) is 3.83. The van der Waals surface area contributed by atoms with Gasteiger partial charge in [-0.1, -0.05) is 24.3 Å². The second-order valence-corrected chi connectivity index (χ2v) is 10.6. The maximum Gasteiger partial charge on any atom is 0.323 e. The van der Waals surface area contributed by atoms with Crippen molar-refractivity contribution in [3.63, 3.8) is 0 Å². The predicted octanol–water partition coefficient (Wildman–Crippen LogP) is 2.91. The highest BCUT2D eigenvalue weighted by Gasteiger charge is 2.48. The summed E-state index contributed by atoms with van der Waals surface area (Å²) in [4.78, 5) is 11.9. The summed E-state index contributed by atoms with van der Waals surface area (Å²) < 4.78 is 26.6. The fourth-order valence-electron chi connectivity index (χ4n) is 3.26. The molecule has 0 saturated carbocycles. The first-order chi connectivity index (χ1) is 12.6. The first-order valence-corrected chi connectivity index (χ1v) is 10.9. The zero-order chi connectivity index (χ0) is 19.8. The number of rotatable bonds is 4. The van der Waals surface area contributed by atoms with Crippen LogP contribution in [0.3, 0.4) is 0 Å². The van der Waals surface area contributed by atoms with Crippen molar-refractivity contribution in [2.75, 3.05) is 18.0 Å². The molecule has 2 aromatic carbocycles. The van der Waals surface area contributed by atoms with Crippen molar-refractivity contribution in [2.45, 2.75) is 29.5 Å². The van der Waals surface area contributed by atoms with Crippen molar-refractivity contribution in [2.24, 2.45) is 0 Å². The van der Waals surface area contributed by atoms with Crippen LogP contribution in [-0.4, -0.2) is 46.9 Å². The number of hydrogen-bond donors (Lipinski definition) is 2. The normalized spacial score (nSPS) is 20.3. The summed E-state index contributed by atoms with van der Waals surface area (Å²) in [5.74, 6) is -0.575. The molecule has 1 saturated heterocycles. The number of sulfonamides is 1. The molecule has 0 bridgehead atoms. The van der Waals surface area contributed by atoms with Crippen LogP contribution in [0.4, 0.5) is 5.69 Å². The second kappa shape index (κ2) is 7.18. The highest BCUT2D eigenvalue weighted by atomic mass is 32.2. The molecule has 3 rings (SSSR count). The molecule has 144 valence electrons. The van der Waals surface area contributed by atoms with E-state index >= 15 is 0 Å². The third-order valence-corrected chi connectivity index (χ3v) is 7.90. The third-order valence-electron chi connectivity index (χ3n) is 4.67. The van der Waals surface area contributed by atoms with Gasteiger partial charge in [-0.25, -0.2) is 8.42 Å². The van der Waals surface area contributed by atoms with Gasteiger partial charge in [0.2, 0.25) is 10.0 Å². The number of nitrogens with zero attached hydrogens (tertiary/aromatic N) is 1. The standard InChI is InChI=1S/C19H22N2O4S2/c1-19(2)17(18(22)23)21(11-12-26-19)27(24,25)16-9-5-14(6-10-16)13-3-7-15(20)8-4-13/h3-10,17H,11-12,20H2,1-2H3,(H,22,23). The van der Waals surface area contributed by atoms with Gasteiger partial charge in [-0.15, -0.1) is 0 Å². The Labute approximate surface area is 163 Å². The van der Waals surface area contributed by atoms with E-state index in [0.29, 0.717) is 11.4 Å². The van der Waals surface area contributed by atoms with E-state index in [9.17, 15) is 18.3 Å². The Kier molecular flexibility index (Phi) is 5.24. The summed E-state index contributed by atoms with van der Waals surface area (Å²) in [5, 5.41) is 9.64. The molecule has 1 unspecified atom stereocenters. The average molecular weight is 407 g/mol. The van der Waals surface area contributed by atoms with Gasteiger partial charge in [-0.2, -0.15) is 16.1 Å². The van der Waals surface area contributed by atoms with Crippen LogP contribution in [0, 0.1) is 0 Å². The van der Waals surface area contributed by atoms with Gasteiger partial charge in [0.1, 0.15) is 6.04 Å². The highest BCUT2D eigenvalue weighted by molar-refractivity contribution is 8.00. The first-order valence-electron chi connectivity index (χ1n) is 8.47. The minimum atomic E-state index is -3.91. The van der Waals surface area contributed by atoms with Gasteiger partial charge in [0.05, 0.1) is 4.90 Å². The zero-order valence-electron chi connectivity index (χ0n) is 15.1. The number of anilines is 1. The number of carbonyl (C=O) groups is 1. The van der Waals surface area contributed by atoms with Gasteiger partial charge in [0.25, 0.3) is 0 Å². The molecule has 6 nitrogen and oxygen atoms in total. The summed E-state index contributed by atoms with van der Waals surface area (Å²) in [6.07, 6.45) is 0. The molecule has 1 fully saturated rings. The average Bonchev–Trinajstić information content (AvgIpc) is 2.61. The molecule has 0 aliphatic carbocycles. The summed E-state index contributed by atoms with van der Waals surface area (Å²) in [6.45, 7) is 3.71. The molecule has 0 amide bonds. The van der Waals surface area contributed by atoms with Crippen molar-refractivity contribution in [1.29, 1.82) is 0 Å². The smallest absolute Gasteiger partial charge is 0.323 e. The van der Waals surface area contributed by atoms with E-state index in [4.69, 9.17) is 5.73 Å². The highest BCUT2D eigenvalue weighted by Crippen LogP contribution is 2.38. The number of hydrogen-bond acceptors (Lipinski definition) is 5. The van der Waals surface area contributed by atoms with E-state index < -0.39 is 26.8 Å². The lowest BCUT2D eigenvalue weighted by atomic mass is 10.0. The zero-order valence-corrected chi connectivity index (χ0v) is 16.8. The molecule has 0 aromatic heterocycles. The summed E-state index contributed by atoms with van der Waals surface area (Å²) >= 11 is 1.48. The van der Waals surface area contributed by atoms with Crippen molar-refractivity contribution >= 4 is 33.4 Å². The fourth-order valence-corrected chi connectivity index (χ4v) is 6.36. The number of carboxylic acids is 1. The first kappa shape index (κ1) is 19.7. The van der Waals surface area contributed by atoms with Gasteiger partial charge in [-0.05, 0) is 49.2 Å². The molecule has 1 heterocycles. The van der Waals surface area contributed by atoms with E-state index in [0.717, 1.165) is 15.4 Å². The lowest BCUT2D eigenvalue weighted by molar-refractivity contribution is -0.142. The van der Waals surface area contributed by atoms with Gasteiger partial charge in [0, 0.05) is 22.7 Å². The van der Waals surface area contributed by atoms with Crippen molar-refractivity contribution in [1.82, 2.24) is 4.31 Å². The minimum absolute atomic E-state index is 0.0932. The van der Waals surface area contributed by atoms with Crippen LogP contribution in [0.25, 0.3) is 11.1 Å². The van der Waals surface area contributed by atoms with Crippen LogP contribution in [0.2, 0.25) is 0 Å². The maximum absolute atomic E-state index is 13.1. The monoisotopic (exact) mass is 406 g/mol. The Morgan fingerprint density at radius 1 is 1.11 bits per heavy atom. The molecule has 3 N–H and O–H groups in total. The number of thioether (sulfide) groups is 1. The minimum Gasteiger partial charge on any atom is -0.480 e. The summed E-state index contributed by atoms with van der Waals surface area (Å²) in [7, 11) is -3.91. The fraction of sp³-hybridized carbons (Fsp3) is 0.316. The Hall–Kier alpha value is -2.03. The maximum atomic E-state index is 13.1. The molecule has 0 radical (unpaired) electrons. The summed E-state index contributed by atoms with van der Waals surface area (Å²) in [5.41, 5.74) is 8.13. The molecule has 2 aromatic rings.